The van der Waals surface area contributed by atoms with E-state index in [1.807, 2.05) is 31.3 Å². The summed E-state index contributed by atoms with van der Waals surface area (Å²) in [7, 11) is 1.89. The average molecular weight is 260 g/mol. The number of hydrogen-bond acceptors (Lipinski definition) is 6. The quantitative estimate of drug-likeness (QED) is 0.904. The van der Waals surface area contributed by atoms with Crippen LogP contribution in [0.15, 0.2) is 28.8 Å². The Morgan fingerprint density at radius 1 is 1.16 bits per heavy atom. The Hall–Kier alpha value is -2.08. The van der Waals surface area contributed by atoms with E-state index in [0.29, 0.717) is 25.1 Å². The Morgan fingerprint density at radius 2 is 1.89 bits per heavy atom. The van der Waals surface area contributed by atoms with Crippen molar-refractivity contribution in [2.75, 3.05) is 43.6 Å². The van der Waals surface area contributed by atoms with Gasteiger partial charge in [-0.3, -0.25) is 0 Å². The van der Waals surface area contributed by atoms with Gasteiger partial charge in [-0.2, -0.15) is 4.98 Å². The number of nitrogens with one attached hydrogen (secondary N) is 1. The van der Waals surface area contributed by atoms with Gasteiger partial charge in [-0.05, 0) is 29.4 Å². The first-order chi connectivity index (χ1) is 9.36. The molecule has 6 heteroatoms. The van der Waals surface area contributed by atoms with Crippen molar-refractivity contribution in [3.05, 3.63) is 24.3 Å². The predicted molar refractivity (Wildman–Crippen MR) is 72.3 cm³/mol. The van der Waals surface area contributed by atoms with Gasteiger partial charge >= 0.3 is 0 Å². The van der Waals surface area contributed by atoms with Gasteiger partial charge in [-0.1, -0.05) is 0 Å². The Bertz CT molecular complexity index is 532. The SMILES string of the molecule is CNc1ccc(-c2nc(N3CCOCC3)no2)cc1. The topological polar surface area (TPSA) is 63.4 Å². The highest BCUT2D eigenvalue weighted by Gasteiger charge is 2.17. The van der Waals surface area contributed by atoms with Crippen molar-refractivity contribution in [2.45, 2.75) is 0 Å². The van der Waals surface area contributed by atoms with Crippen LogP contribution in [0.4, 0.5) is 11.6 Å². The fourth-order valence-corrected chi connectivity index (χ4v) is 2.00. The average Bonchev–Trinajstić information content (AvgIpc) is 2.98. The van der Waals surface area contributed by atoms with E-state index in [1.54, 1.807) is 0 Å². The maximum Gasteiger partial charge on any atom is 0.266 e. The lowest BCUT2D eigenvalue weighted by molar-refractivity contribution is 0.121. The van der Waals surface area contributed by atoms with Crippen molar-refractivity contribution >= 4 is 11.6 Å². The molecule has 2 heterocycles. The monoisotopic (exact) mass is 260 g/mol. The number of nitrogens with zero attached hydrogens (tertiary/aromatic N) is 3. The minimum atomic E-state index is 0.546. The van der Waals surface area contributed by atoms with E-state index in [0.717, 1.165) is 24.3 Å². The van der Waals surface area contributed by atoms with Crippen LogP contribution in [0.5, 0.6) is 0 Å². The third-order valence-corrected chi connectivity index (χ3v) is 3.13. The second-order valence-electron chi connectivity index (χ2n) is 4.33. The van der Waals surface area contributed by atoms with Crippen molar-refractivity contribution in [2.24, 2.45) is 0 Å². The molecular weight excluding hydrogens is 244 g/mol. The maximum atomic E-state index is 5.31. The van der Waals surface area contributed by atoms with Crippen LogP contribution in [0, 0.1) is 0 Å². The number of aromatic nitrogens is 2. The Morgan fingerprint density at radius 3 is 2.58 bits per heavy atom. The smallest absolute Gasteiger partial charge is 0.266 e. The van der Waals surface area contributed by atoms with Gasteiger partial charge in [0.1, 0.15) is 0 Å². The van der Waals surface area contributed by atoms with Crippen molar-refractivity contribution < 1.29 is 9.26 Å². The molecule has 0 amide bonds. The van der Waals surface area contributed by atoms with Gasteiger partial charge in [0.15, 0.2) is 0 Å². The molecule has 19 heavy (non-hydrogen) atoms. The number of benzene rings is 1. The summed E-state index contributed by atoms with van der Waals surface area (Å²) in [6, 6.07) is 7.88. The molecule has 0 radical (unpaired) electrons. The fourth-order valence-electron chi connectivity index (χ4n) is 2.00. The predicted octanol–water partition coefficient (Wildman–Crippen LogP) is 1.61. The van der Waals surface area contributed by atoms with E-state index in [2.05, 4.69) is 20.4 Å². The third-order valence-electron chi connectivity index (χ3n) is 3.13. The molecule has 1 fully saturated rings. The van der Waals surface area contributed by atoms with E-state index in [4.69, 9.17) is 9.26 Å². The van der Waals surface area contributed by atoms with E-state index >= 15 is 0 Å². The number of anilines is 2. The summed E-state index contributed by atoms with van der Waals surface area (Å²) in [6.07, 6.45) is 0. The lowest BCUT2D eigenvalue weighted by atomic mass is 10.2. The minimum absolute atomic E-state index is 0.546. The van der Waals surface area contributed by atoms with Crippen LogP contribution in [-0.4, -0.2) is 43.5 Å². The molecule has 100 valence electrons. The number of rotatable bonds is 3. The molecule has 0 saturated carbocycles. The molecule has 1 N–H and O–H groups in total. The van der Waals surface area contributed by atoms with Gasteiger partial charge in [-0.15, -0.1) is 0 Å². The summed E-state index contributed by atoms with van der Waals surface area (Å²) in [5, 5.41) is 7.10. The summed E-state index contributed by atoms with van der Waals surface area (Å²) < 4.78 is 10.6. The van der Waals surface area contributed by atoms with Gasteiger partial charge in [0.25, 0.3) is 11.8 Å². The van der Waals surface area contributed by atoms with E-state index in [-0.39, 0.29) is 0 Å². The van der Waals surface area contributed by atoms with Gasteiger partial charge < -0.3 is 19.5 Å². The maximum absolute atomic E-state index is 5.31. The van der Waals surface area contributed by atoms with Crippen LogP contribution >= 0.6 is 0 Å². The zero-order valence-electron chi connectivity index (χ0n) is 10.8. The molecule has 0 bridgehead atoms. The standard InChI is InChI=1S/C13H16N4O2/c1-14-11-4-2-10(3-5-11)12-15-13(16-19-12)17-6-8-18-9-7-17/h2-5,14H,6-9H2,1H3. The first-order valence-electron chi connectivity index (χ1n) is 6.31. The van der Waals surface area contributed by atoms with Crippen LogP contribution in [0.3, 0.4) is 0 Å². The molecule has 1 aromatic heterocycles. The van der Waals surface area contributed by atoms with Crippen LogP contribution < -0.4 is 10.2 Å². The first-order valence-corrected chi connectivity index (χ1v) is 6.31. The third kappa shape index (κ3) is 2.53. The largest absolute Gasteiger partial charge is 0.388 e. The van der Waals surface area contributed by atoms with Crippen LogP contribution in [0.2, 0.25) is 0 Å². The zero-order chi connectivity index (χ0) is 13.1. The van der Waals surface area contributed by atoms with Gasteiger partial charge in [0.05, 0.1) is 13.2 Å². The molecule has 0 spiro atoms. The molecule has 0 unspecified atom stereocenters. The van der Waals surface area contributed by atoms with E-state index in [9.17, 15) is 0 Å². The molecule has 6 nitrogen and oxygen atoms in total. The molecule has 1 saturated heterocycles. The normalized spacial score (nSPS) is 15.5. The van der Waals surface area contributed by atoms with E-state index in [1.165, 1.54) is 0 Å². The minimum Gasteiger partial charge on any atom is -0.388 e. The highest BCUT2D eigenvalue weighted by molar-refractivity contribution is 5.59. The second kappa shape index (κ2) is 5.27. The van der Waals surface area contributed by atoms with Gasteiger partial charge in [0.2, 0.25) is 0 Å². The highest BCUT2D eigenvalue weighted by Crippen LogP contribution is 2.22. The zero-order valence-corrected chi connectivity index (χ0v) is 10.8. The van der Waals surface area contributed by atoms with Crippen molar-refractivity contribution in [3.8, 4) is 11.5 Å². The number of hydrogen-bond donors (Lipinski definition) is 1. The van der Waals surface area contributed by atoms with Crippen molar-refractivity contribution in [1.82, 2.24) is 10.1 Å². The van der Waals surface area contributed by atoms with Gasteiger partial charge in [-0.25, -0.2) is 0 Å². The number of ether oxygens (including phenoxy) is 1. The summed E-state index contributed by atoms with van der Waals surface area (Å²) >= 11 is 0. The van der Waals surface area contributed by atoms with Crippen LogP contribution in [0.25, 0.3) is 11.5 Å². The molecule has 1 aromatic carbocycles. The van der Waals surface area contributed by atoms with Crippen LogP contribution in [-0.2, 0) is 4.74 Å². The lowest BCUT2D eigenvalue weighted by Gasteiger charge is -2.24. The highest BCUT2D eigenvalue weighted by atomic mass is 16.5. The number of morpholine rings is 1. The first kappa shape index (κ1) is 12.0. The lowest BCUT2D eigenvalue weighted by Crippen LogP contribution is -2.36. The van der Waals surface area contributed by atoms with Crippen molar-refractivity contribution in [1.29, 1.82) is 0 Å². The molecule has 3 rings (SSSR count). The Labute approximate surface area is 111 Å². The Kier molecular flexibility index (Phi) is 3.33. The summed E-state index contributed by atoms with van der Waals surface area (Å²) in [6.45, 7) is 3.02. The molecule has 0 aliphatic carbocycles. The Balaban J connectivity index is 1.79. The van der Waals surface area contributed by atoms with Crippen LogP contribution in [0.1, 0.15) is 0 Å². The molecular formula is C13H16N4O2. The van der Waals surface area contributed by atoms with Gasteiger partial charge in [0, 0.05) is 31.4 Å². The summed E-state index contributed by atoms with van der Waals surface area (Å²) in [4.78, 5) is 6.50. The summed E-state index contributed by atoms with van der Waals surface area (Å²) in [5.74, 6) is 1.18. The van der Waals surface area contributed by atoms with E-state index < -0.39 is 0 Å². The molecule has 1 aliphatic heterocycles. The molecule has 0 atom stereocenters. The molecule has 2 aromatic rings. The summed E-state index contributed by atoms with van der Waals surface area (Å²) in [5.41, 5.74) is 1.97. The molecule has 1 aliphatic rings. The van der Waals surface area contributed by atoms with Crippen molar-refractivity contribution in [3.63, 3.8) is 0 Å². The fraction of sp³-hybridized carbons (Fsp3) is 0.385. The second-order valence-corrected chi connectivity index (χ2v) is 4.33.